The van der Waals surface area contributed by atoms with E-state index in [1.807, 2.05) is 83.6 Å². The monoisotopic (exact) mass is 436 g/mol. The molecule has 0 aliphatic carbocycles. The van der Waals surface area contributed by atoms with E-state index in [0.717, 1.165) is 27.8 Å². The van der Waals surface area contributed by atoms with Gasteiger partial charge in [-0.05, 0) is 54.8 Å². The third kappa shape index (κ3) is 4.72. The van der Waals surface area contributed by atoms with Gasteiger partial charge in [0.2, 0.25) is 5.91 Å². The zero-order valence-electron chi connectivity index (χ0n) is 16.3. The fourth-order valence-corrected chi connectivity index (χ4v) is 4.32. The zero-order chi connectivity index (χ0) is 20.8. The lowest BCUT2D eigenvalue weighted by Crippen LogP contribution is -2.14. The van der Waals surface area contributed by atoms with Crippen molar-refractivity contribution >= 4 is 34.7 Å². The molecule has 8 heteroatoms. The van der Waals surface area contributed by atoms with E-state index in [9.17, 15) is 4.79 Å². The molecule has 0 aliphatic rings. The minimum atomic E-state index is -0.107. The lowest BCUT2D eigenvalue weighted by atomic mass is 10.3. The van der Waals surface area contributed by atoms with Gasteiger partial charge in [-0.2, -0.15) is 0 Å². The molecule has 4 rings (SSSR count). The molecule has 0 fully saturated rings. The van der Waals surface area contributed by atoms with Crippen molar-refractivity contribution in [2.24, 2.45) is 0 Å². The first-order valence-electron chi connectivity index (χ1n) is 9.45. The summed E-state index contributed by atoms with van der Waals surface area (Å²) < 4.78 is 7.41. The van der Waals surface area contributed by atoms with Gasteiger partial charge in [0.1, 0.15) is 5.75 Å². The van der Waals surface area contributed by atoms with Gasteiger partial charge in [-0.25, -0.2) is 0 Å². The highest BCUT2D eigenvalue weighted by Crippen LogP contribution is 2.30. The van der Waals surface area contributed by atoms with Crippen molar-refractivity contribution in [1.82, 2.24) is 14.8 Å². The van der Waals surface area contributed by atoms with Crippen LogP contribution in [-0.2, 0) is 4.79 Å². The summed E-state index contributed by atoms with van der Waals surface area (Å²) in [6.45, 7) is 2.54. The largest absolute Gasteiger partial charge is 0.494 e. The second kappa shape index (κ2) is 9.60. The van der Waals surface area contributed by atoms with E-state index in [4.69, 9.17) is 4.74 Å². The van der Waals surface area contributed by atoms with Gasteiger partial charge >= 0.3 is 0 Å². The molecule has 2 aromatic carbocycles. The molecule has 1 amide bonds. The first-order chi connectivity index (χ1) is 14.7. The third-order valence-electron chi connectivity index (χ3n) is 4.17. The highest BCUT2D eigenvalue weighted by Gasteiger charge is 2.17. The van der Waals surface area contributed by atoms with Gasteiger partial charge in [-0.1, -0.05) is 36.0 Å². The summed E-state index contributed by atoms with van der Waals surface area (Å²) in [4.78, 5) is 13.5. The number of hydrogen-bond donors (Lipinski definition) is 1. The maximum atomic E-state index is 12.5. The summed E-state index contributed by atoms with van der Waals surface area (Å²) >= 11 is 2.96. The maximum absolute atomic E-state index is 12.5. The quantitative estimate of drug-likeness (QED) is 0.388. The maximum Gasteiger partial charge on any atom is 0.234 e. The minimum absolute atomic E-state index is 0.107. The van der Waals surface area contributed by atoms with Crippen molar-refractivity contribution < 1.29 is 9.53 Å². The number of nitrogens with zero attached hydrogens (tertiary/aromatic N) is 3. The Morgan fingerprint density at radius 2 is 1.87 bits per heavy atom. The molecule has 2 aromatic heterocycles. The van der Waals surface area contributed by atoms with Crippen LogP contribution in [0.25, 0.3) is 16.4 Å². The number of rotatable bonds is 8. The van der Waals surface area contributed by atoms with E-state index in [2.05, 4.69) is 15.5 Å². The summed E-state index contributed by atoms with van der Waals surface area (Å²) in [6.07, 6.45) is 0. The van der Waals surface area contributed by atoms with Crippen LogP contribution in [0.3, 0.4) is 0 Å². The van der Waals surface area contributed by atoms with Gasteiger partial charge in [-0.15, -0.1) is 21.5 Å². The van der Waals surface area contributed by atoms with Gasteiger partial charge < -0.3 is 10.1 Å². The van der Waals surface area contributed by atoms with Crippen LogP contribution in [0.2, 0.25) is 0 Å². The number of aromatic nitrogens is 3. The number of thiophene rings is 1. The Bertz CT molecular complexity index is 1090. The molecule has 2 heterocycles. The van der Waals surface area contributed by atoms with E-state index in [-0.39, 0.29) is 11.7 Å². The van der Waals surface area contributed by atoms with Crippen molar-refractivity contribution in [2.75, 3.05) is 17.7 Å². The predicted octanol–water partition coefficient (Wildman–Crippen LogP) is 5.13. The Balaban J connectivity index is 1.48. The first kappa shape index (κ1) is 20.2. The van der Waals surface area contributed by atoms with Gasteiger partial charge in [0, 0.05) is 11.4 Å². The van der Waals surface area contributed by atoms with Crippen LogP contribution in [-0.4, -0.2) is 33.0 Å². The van der Waals surface area contributed by atoms with Crippen molar-refractivity contribution in [2.45, 2.75) is 12.1 Å². The van der Waals surface area contributed by atoms with E-state index >= 15 is 0 Å². The molecule has 152 valence electrons. The Morgan fingerprint density at radius 3 is 2.57 bits per heavy atom. The van der Waals surface area contributed by atoms with Crippen molar-refractivity contribution in [3.63, 3.8) is 0 Å². The number of benzene rings is 2. The topological polar surface area (TPSA) is 69.0 Å². The Kier molecular flexibility index (Phi) is 6.46. The van der Waals surface area contributed by atoms with E-state index in [0.29, 0.717) is 11.8 Å². The fourth-order valence-electron chi connectivity index (χ4n) is 2.87. The smallest absolute Gasteiger partial charge is 0.234 e. The normalized spacial score (nSPS) is 10.7. The second-order valence-corrected chi connectivity index (χ2v) is 8.14. The number of hydrogen-bond acceptors (Lipinski definition) is 6. The Labute approximate surface area is 182 Å². The van der Waals surface area contributed by atoms with E-state index in [1.54, 1.807) is 11.3 Å². The van der Waals surface area contributed by atoms with Gasteiger partial charge in [0.05, 0.1) is 17.2 Å². The molecule has 1 N–H and O–H groups in total. The average molecular weight is 437 g/mol. The molecule has 6 nitrogen and oxygen atoms in total. The van der Waals surface area contributed by atoms with Gasteiger partial charge in [0.25, 0.3) is 0 Å². The van der Waals surface area contributed by atoms with Crippen LogP contribution in [0.1, 0.15) is 6.92 Å². The summed E-state index contributed by atoms with van der Waals surface area (Å²) in [6, 6.07) is 21.3. The number of carbonyl (C=O) groups is 1. The molecule has 0 saturated heterocycles. The minimum Gasteiger partial charge on any atom is -0.494 e. The molecular weight excluding hydrogens is 416 g/mol. The molecular formula is C22H20N4O2S2. The summed E-state index contributed by atoms with van der Waals surface area (Å²) in [7, 11) is 0. The lowest BCUT2D eigenvalue weighted by molar-refractivity contribution is -0.113. The highest BCUT2D eigenvalue weighted by atomic mass is 32.2. The molecule has 4 aromatic rings. The van der Waals surface area contributed by atoms with Gasteiger partial charge in [-0.3, -0.25) is 9.36 Å². The number of ether oxygens (including phenoxy) is 1. The zero-order valence-corrected chi connectivity index (χ0v) is 18.0. The number of thioether (sulfide) groups is 1. The van der Waals surface area contributed by atoms with Crippen LogP contribution in [0.5, 0.6) is 5.75 Å². The van der Waals surface area contributed by atoms with Crippen LogP contribution >= 0.6 is 23.1 Å². The number of nitrogens with one attached hydrogen (secondary N) is 1. The molecule has 0 bridgehead atoms. The van der Waals surface area contributed by atoms with Crippen molar-refractivity contribution in [3.05, 3.63) is 72.1 Å². The number of carbonyl (C=O) groups excluding carboxylic acids is 1. The van der Waals surface area contributed by atoms with Crippen LogP contribution in [0, 0.1) is 0 Å². The number of anilines is 1. The summed E-state index contributed by atoms with van der Waals surface area (Å²) in [5.74, 6) is 1.67. The second-order valence-electron chi connectivity index (χ2n) is 6.25. The average Bonchev–Trinajstić information content (AvgIpc) is 3.44. The van der Waals surface area contributed by atoms with Crippen molar-refractivity contribution in [1.29, 1.82) is 0 Å². The van der Waals surface area contributed by atoms with Gasteiger partial charge in [0.15, 0.2) is 11.0 Å². The molecule has 0 unspecified atom stereocenters. The molecule has 0 saturated carbocycles. The molecule has 0 radical (unpaired) electrons. The Morgan fingerprint density at radius 1 is 1.07 bits per heavy atom. The molecule has 0 aliphatic heterocycles. The van der Waals surface area contributed by atoms with E-state index in [1.165, 1.54) is 11.8 Å². The SMILES string of the molecule is CCOc1ccc(NC(=O)CSc2nnc(-c3cccs3)n2-c2ccccc2)cc1. The Hall–Kier alpha value is -3.10. The van der Waals surface area contributed by atoms with Crippen LogP contribution in [0.15, 0.2) is 77.3 Å². The summed E-state index contributed by atoms with van der Waals surface area (Å²) in [5, 5.41) is 14.3. The predicted molar refractivity (Wildman–Crippen MR) is 122 cm³/mol. The van der Waals surface area contributed by atoms with E-state index < -0.39 is 0 Å². The molecule has 0 spiro atoms. The molecule has 30 heavy (non-hydrogen) atoms. The molecule has 0 atom stereocenters. The standard InChI is InChI=1S/C22H20N4O2S2/c1-2-28-18-12-10-16(11-13-18)23-20(27)15-30-22-25-24-21(19-9-6-14-29-19)26(22)17-7-4-3-5-8-17/h3-14H,2,15H2,1H3,(H,23,27). The lowest BCUT2D eigenvalue weighted by Gasteiger charge is -2.10. The van der Waals surface area contributed by atoms with Crippen LogP contribution in [0.4, 0.5) is 5.69 Å². The van der Waals surface area contributed by atoms with Crippen molar-refractivity contribution in [3.8, 4) is 22.1 Å². The third-order valence-corrected chi connectivity index (χ3v) is 5.97. The first-order valence-corrected chi connectivity index (χ1v) is 11.3. The number of para-hydroxylation sites is 1. The number of amides is 1. The highest BCUT2D eigenvalue weighted by molar-refractivity contribution is 7.99. The summed E-state index contributed by atoms with van der Waals surface area (Å²) in [5.41, 5.74) is 1.69. The van der Waals surface area contributed by atoms with Crippen LogP contribution < -0.4 is 10.1 Å². The fraction of sp³-hybridized carbons (Fsp3) is 0.136.